The Labute approximate surface area is 170 Å². The van der Waals surface area contributed by atoms with E-state index in [9.17, 15) is 4.79 Å². The third kappa shape index (κ3) is 4.07. The van der Waals surface area contributed by atoms with Crippen molar-refractivity contribution in [1.29, 1.82) is 0 Å². The zero-order valence-corrected chi connectivity index (χ0v) is 16.9. The molecule has 2 atom stereocenters. The molecule has 0 spiro atoms. The third-order valence-corrected chi connectivity index (χ3v) is 5.80. The molecule has 1 aliphatic carbocycles. The maximum Gasteiger partial charge on any atom is 0.415 e. The minimum Gasteiger partial charge on any atom is -0.444 e. The second kappa shape index (κ2) is 7.95. The average molecular weight is 401 g/mol. The standard InChI is InChI=1S/C21H25ClN4O2/c1-3-26-19-17(12-28-21(26)27)11-23-20(25-19)24-13(2)15-6-8-16(9-7-15)18(22)10-14-4-5-14/h6-9,11,13-14,18H,3-5,10,12H2,1-2H3,(H,23,24,25)/t13-,18?/m0/s1. The summed E-state index contributed by atoms with van der Waals surface area (Å²) in [5, 5.41) is 3.42. The number of carbonyl (C=O) groups is 1. The first kappa shape index (κ1) is 19.0. The van der Waals surface area contributed by atoms with Crippen molar-refractivity contribution in [1.82, 2.24) is 9.97 Å². The molecule has 1 aliphatic heterocycles. The van der Waals surface area contributed by atoms with E-state index in [0.717, 1.165) is 23.5 Å². The van der Waals surface area contributed by atoms with Crippen molar-refractivity contribution in [2.24, 2.45) is 5.92 Å². The molecule has 1 N–H and O–H groups in total. The number of anilines is 2. The number of cyclic esters (lactones) is 1. The van der Waals surface area contributed by atoms with Gasteiger partial charge in [0, 0.05) is 12.7 Å². The molecule has 1 amide bonds. The number of hydrogen-bond acceptors (Lipinski definition) is 5. The van der Waals surface area contributed by atoms with E-state index < -0.39 is 0 Å². The van der Waals surface area contributed by atoms with Gasteiger partial charge in [0.1, 0.15) is 12.4 Å². The zero-order chi connectivity index (χ0) is 19.7. The highest BCUT2D eigenvalue weighted by atomic mass is 35.5. The van der Waals surface area contributed by atoms with Gasteiger partial charge in [-0.05, 0) is 37.3 Å². The summed E-state index contributed by atoms with van der Waals surface area (Å²) in [7, 11) is 0. The molecule has 1 unspecified atom stereocenters. The lowest BCUT2D eigenvalue weighted by Crippen LogP contribution is -2.36. The van der Waals surface area contributed by atoms with Gasteiger partial charge in [-0.15, -0.1) is 11.6 Å². The van der Waals surface area contributed by atoms with E-state index in [1.54, 1.807) is 6.20 Å². The van der Waals surface area contributed by atoms with E-state index in [4.69, 9.17) is 16.3 Å². The van der Waals surface area contributed by atoms with Crippen LogP contribution in [0.25, 0.3) is 0 Å². The number of fused-ring (bicyclic) bond motifs is 1. The number of alkyl halides is 1. The predicted molar refractivity (Wildman–Crippen MR) is 110 cm³/mol. The summed E-state index contributed by atoms with van der Waals surface area (Å²) in [4.78, 5) is 22.4. The fraction of sp³-hybridized carbons (Fsp3) is 0.476. The topological polar surface area (TPSA) is 67.4 Å². The Kier molecular flexibility index (Phi) is 5.40. The van der Waals surface area contributed by atoms with Crippen LogP contribution in [-0.4, -0.2) is 22.6 Å². The number of halogens is 1. The molecule has 2 aliphatic rings. The molecule has 2 heterocycles. The summed E-state index contributed by atoms with van der Waals surface area (Å²) in [6.07, 6.45) is 5.04. The molecular weight excluding hydrogens is 376 g/mol. The van der Waals surface area contributed by atoms with Gasteiger partial charge in [0.2, 0.25) is 5.95 Å². The van der Waals surface area contributed by atoms with Crippen molar-refractivity contribution in [3.63, 3.8) is 0 Å². The van der Waals surface area contributed by atoms with Gasteiger partial charge in [-0.25, -0.2) is 9.78 Å². The Morgan fingerprint density at radius 3 is 2.68 bits per heavy atom. The van der Waals surface area contributed by atoms with Crippen LogP contribution in [0.2, 0.25) is 0 Å². The highest BCUT2D eigenvalue weighted by Gasteiger charge is 2.27. The van der Waals surface area contributed by atoms with E-state index in [0.29, 0.717) is 18.3 Å². The minimum absolute atomic E-state index is 0.0231. The monoisotopic (exact) mass is 400 g/mol. The fourth-order valence-corrected chi connectivity index (χ4v) is 3.84. The van der Waals surface area contributed by atoms with Gasteiger partial charge in [-0.1, -0.05) is 37.1 Å². The molecule has 7 heteroatoms. The number of rotatable bonds is 7. The zero-order valence-electron chi connectivity index (χ0n) is 16.2. The van der Waals surface area contributed by atoms with Crippen LogP contribution in [0, 0.1) is 5.92 Å². The van der Waals surface area contributed by atoms with Gasteiger partial charge < -0.3 is 10.1 Å². The number of nitrogens with zero attached hydrogens (tertiary/aromatic N) is 3. The van der Waals surface area contributed by atoms with Crippen LogP contribution in [-0.2, 0) is 11.3 Å². The van der Waals surface area contributed by atoms with Crippen molar-refractivity contribution in [2.45, 2.75) is 51.1 Å². The van der Waals surface area contributed by atoms with Crippen LogP contribution in [0.1, 0.15) is 61.2 Å². The first-order valence-corrected chi connectivity index (χ1v) is 10.3. The average Bonchev–Trinajstić information content (AvgIpc) is 3.52. The molecule has 0 bridgehead atoms. The largest absolute Gasteiger partial charge is 0.444 e. The number of hydrogen-bond donors (Lipinski definition) is 1. The van der Waals surface area contributed by atoms with Crippen LogP contribution in [0.3, 0.4) is 0 Å². The lowest BCUT2D eigenvalue weighted by atomic mass is 10.0. The molecule has 4 rings (SSSR count). The van der Waals surface area contributed by atoms with E-state index in [2.05, 4.69) is 46.5 Å². The maximum absolute atomic E-state index is 11.9. The summed E-state index contributed by atoms with van der Waals surface area (Å²) in [5.74, 6) is 1.92. The number of nitrogens with one attached hydrogen (secondary N) is 1. The minimum atomic E-state index is -0.370. The first-order valence-electron chi connectivity index (χ1n) is 9.85. The second-order valence-corrected chi connectivity index (χ2v) is 8.05. The molecule has 28 heavy (non-hydrogen) atoms. The summed E-state index contributed by atoms with van der Waals surface area (Å²) in [5.41, 5.74) is 3.12. The predicted octanol–water partition coefficient (Wildman–Crippen LogP) is 5.21. The van der Waals surface area contributed by atoms with Crippen molar-refractivity contribution in [3.8, 4) is 0 Å². The van der Waals surface area contributed by atoms with E-state index in [1.807, 2.05) is 6.92 Å². The normalized spacial score (nSPS) is 18.2. The number of aromatic nitrogens is 2. The summed E-state index contributed by atoms with van der Waals surface area (Å²) in [6.45, 7) is 4.66. The molecule has 1 saturated carbocycles. The van der Waals surface area contributed by atoms with Crippen molar-refractivity contribution in [2.75, 3.05) is 16.8 Å². The first-order chi connectivity index (χ1) is 13.5. The molecular formula is C21H25ClN4O2. The number of amides is 1. The Bertz CT molecular complexity index is 854. The highest BCUT2D eigenvalue weighted by Crippen LogP contribution is 2.40. The van der Waals surface area contributed by atoms with Gasteiger partial charge in [-0.3, -0.25) is 4.90 Å². The van der Waals surface area contributed by atoms with Gasteiger partial charge in [0.25, 0.3) is 0 Å². The maximum atomic E-state index is 11.9. The van der Waals surface area contributed by atoms with Crippen molar-refractivity contribution < 1.29 is 9.53 Å². The lowest BCUT2D eigenvalue weighted by Gasteiger charge is -2.27. The van der Waals surface area contributed by atoms with Crippen LogP contribution in [0.15, 0.2) is 30.5 Å². The Morgan fingerprint density at radius 2 is 2.00 bits per heavy atom. The van der Waals surface area contributed by atoms with E-state index >= 15 is 0 Å². The number of ether oxygens (including phenoxy) is 1. The molecule has 148 valence electrons. The lowest BCUT2D eigenvalue weighted by molar-refractivity contribution is 0.141. The van der Waals surface area contributed by atoms with Crippen molar-refractivity contribution >= 4 is 29.5 Å². The number of benzene rings is 1. The molecule has 1 aromatic carbocycles. The molecule has 6 nitrogen and oxygen atoms in total. The smallest absolute Gasteiger partial charge is 0.415 e. The van der Waals surface area contributed by atoms with Gasteiger partial charge in [-0.2, -0.15) is 4.98 Å². The van der Waals surface area contributed by atoms with Crippen molar-refractivity contribution in [3.05, 3.63) is 47.2 Å². The molecule has 0 radical (unpaired) electrons. The molecule has 0 saturated heterocycles. The summed E-state index contributed by atoms with van der Waals surface area (Å²) >= 11 is 6.53. The SMILES string of the molecule is CCN1C(=O)OCc2cnc(N[C@@H](C)c3ccc(C(Cl)CC4CC4)cc3)nc21. The quantitative estimate of drug-likeness (QED) is 0.646. The summed E-state index contributed by atoms with van der Waals surface area (Å²) in [6, 6.07) is 8.44. The fourth-order valence-electron chi connectivity index (χ4n) is 3.44. The van der Waals surface area contributed by atoms with E-state index in [1.165, 1.54) is 23.3 Å². The van der Waals surface area contributed by atoms with Crippen LogP contribution < -0.4 is 10.2 Å². The van der Waals surface area contributed by atoms with Crippen LogP contribution >= 0.6 is 11.6 Å². The Hall–Kier alpha value is -2.34. The van der Waals surface area contributed by atoms with E-state index in [-0.39, 0.29) is 24.1 Å². The third-order valence-electron chi connectivity index (χ3n) is 5.37. The van der Waals surface area contributed by atoms with Gasteiger partial charge in [0.05, 0.1) is 17.0 Å². The second-order valence-electron chi connectivity index (χ2n) is 7.52. The van der Waals surface area contributed by atoms with Gasteiger partial charge >= 0.3 is 6.09 Å². The molecule has 1 fully saturated rings. The van der Waals surface area contributed by atoms with Crippen LogP contribution in [0.5, 0.6) is 0 Å². The van der Waals surface area contributed by atoms with Crippen LogP contribution in [0.4, 0.5) is 16.6 Å². The van der Waals surface area contributed by atoms with Gasteiger partial charge in [0.15, 0.2) is 0 Å². The summed E-state index contributed by atoms with van der Waals surface area (Å²) < 4.78 is 5.13. The highest BCUT2D eigenvalue weighted by molar-refractivity contribution is 6.20. The Morgan fingerprint density at radius 1 is 1.29 bits per heavy atom. The Balaban J connectivity index is 1.45. The molecule has 1 aromatic heterocycles. The molecule has 2 aromatic rings. The number of carbonyl (C=O) groups excluding carboxylic acids is 1.